The van der Waals surface area contributed by atoms with Crippen LogP contribution in [-0.4, -0.2) is 46.0 Å². The first-order valence-corrected chi connectivity index (χ1v) is 11.6. The van der Waals surface area contributed by atoms with Crippen LogP contribution in [0.4, 0.5) is 5.69 Å². The topological polar surface area (TPSA) is 138 Å². The summed E-state index contributed by atoms with van der Waals surface area (Å²) in [6.07, 6.45) is 8.75. The summed E-state index contributed by atoms with van der Waals surface area (Å²) >= 11 is 0. The minimum absolute atomic E-state index is 0.0399. The molecule has 1 aliphatic carbocycles. The number of amides is 1. The van der Waals surface area contributed by atoms with Crippen LogP contribution < -0.4 is 5.32 Å². The highest BCUT2D eigenvalue weighted by Crippen LogP contribution is 2.32. The molecule has 6 heterocycles. The fraction of sp³-hybridized carbons (Fsp3) is 0.115. The van der Waals surface area contributed by atoms with Gasteiger partial charge in [0.2, 0.25) is 5.91 Å². The number of pyridine rings is 4. The average Bonchev–Trinajstić information content (AvgIpc) is 3.55. The fourth-order valence-corrected chi connectivity index (χ4v) is 4.21. The zero-order valence-electron chi connectivity index (χ0n) is 18.9. The molecule has 1 amide bonds. The summed E-state index contributed by atoms with van der Waals surface area (Å²) in [5.41, 5.74) is 7.24. The zero-order valence-corrected chi connectivity index (χ0v) is 18.9. The van der Waals surface area contributed by atoms with Gasteiger partial charge in [-0.1, -0.05) is 6.07 Å². The van der Waals surface area contributed by atoms with E-state index < -0.39 is 0 Å². The molecule has 10 heteroatoms. The summed E-state index contributed by atoms with van der Waals surface area (Å²) in [6, 6.07) is 13.4. The molecule has 7 rings (SSSR count). The Labute approximate surface area is 204 Å². The van der Waals surface area contributed by atoms with Gasteiger partial charge in [0.1, 0.15) is 11.0 Å². The number of carbonyl (C=O) groups excluding carboxylic acids is 1. The smallest absolute Gasteiger partial charge is 0.227 e. The van der Waals surface area contributed by atoms with Crippen LogP contribution in [-0.2, 0) is 4.79 Å². The van der Waals surface area contributed by atoms with Crippen LogP contribution >= 0.6 is 0 Å². The van der Waals surface area contributed by atoms with Crippen LogP contribution in [0.3, 0.4) is 0 Å². The van der Waals surface area contributed by atoms with E-state index in [1.165, 1.54) is 0 Å². The third-order valence-corrected chi connectivity index (χ3v) is 6.21. The molecule has 10 nitrogen and oxygen atoms in total. The summed E-state index contributed by atoms with van der Waals surface area (Å²) in [7, 11) is 0. The molecule has 0 atom stereocenters. The minimum Gasteiger partial charge on any atom is -0.324 e. The number of aromatic nitrogens is 8. The Hall–Kier alpha value is -4.99. The van der Waals surface area contributed by atoms with Gasteiger partial charge < -0.3 is 10.3 Å². The van der Waals surface area contributed by atoms with Crippen molar-refractivity contribution < 1.29 is 4.79 Å². The largest absolute Gasteiger partial charge is 0.324 e. The van der Waals surface area contributed by atoms with Crippen LogP contribution in [0.15, 0.2) is 67.3 Å². The van der Waals surface area contributed by atoms with Gasteiger partial charge in [0.25, 0.3) is 0 Å². The summed E-state index contributed by atoms with van der Waals surface area (Å²) in [4.78, 5) is 38.3. The Bertz CT molecular complexity index is 1750. The van der Waals surface area contributed by atoms with Crippen LogP contribution in [0.25, 0.3) is 56.2 Å². The molecule has 0 unspecified atom stereocenters. The van der Waals surface area contributed by atoms with E-state index in [9.17, 15) is 4.79 Å². The van der Waals surface area contributed by atoms with E-state index in [-0.39, 0.29) is 11.8 Å². The summed E-state index contributed by atoms with van der Waals surface area (Å²) in [5.74, 6) is 0.714. The van der Waals surface area contributed by atoms with Crippen molar-refractivity contribution in [3.63, 3.8) is 0 Å². The first-order valence-electron chi connectivity index (χ1n) is 11.6. The lowest BCUT2D eigenvalue weighted by molar-refractivity contribution is -0.117. The molecule has 36 heavy (non-hydrogen) atoms. The van der Waals surface area contributed by atoms with Crippen molar-refractivity contribution in [2.75, 3.05) is 5.32 Å². The van der Waals surface area contributed by atoms with Crippen molar-refractivity contribution in [3.05, 3.63) is 67.3 Å². The van der Waals surface area contributed by atoms with Crippen LogP contribution in [0.2, 0.25) is 0 Å². The molecule has 174 valence electrons. The number of hydrogen-bond acceptors (Lipinski definition) is 7. The normalized spacial score (nSPS) is 13.3. The van der Waals surface area contributed by atoms with Gasteiger partial charge in [-0.25, -0.2) is 15.0 Å². The van der Waals surface area contributed by atoms with Gasteiger partial charge in [0, 0.05) is 35.6 Å². The fourth-order valence-electron chi connectivity index (χ4n) is 4.21. The second-order valence-corrected chi connectivity index (χ2v) is 8.75. The van der Waals surface area contributed by atoms with Gasteiger partial charge >= 0.3 is 0 Å². The number of fused-ring (bicyclic) bond motifs is 2. The lowest BCUT2D eigenvalue weighted by Crippen LogP contribution is -2.13. The predicted molar refractivity (Wildman–Crippen MR) is 135 cm³/mol. The highest BCUT2D eigenvalue weighted by atomic mass is 16.2. The first-order chi connectivity index (χ1) is 17.7. The highest BCUT2D eigenvalue weighted by molar-refractivity contribution is 5.95. The van der Waals surface area contributed by atoms with Crippen molar-refractivity contribution >= 4 is 33.8 Å². The Morgan fingerprint density at radius 3 is 2.75 bits per heavy atom. The number of nitrogens with zero attached hydrogens (tertiary/aromatic N) is 6. The molecule has 3 N–H and O–H groups in total. The number of aromatic amines is 2. The van der Waals surface area contributed by atoms with Gasteiger partial charge in [-0.15, -0.1) is 0 Å². The van der Waals surface area contributed by atoms with E-state index in [2.05, 4.69) is 35.5 Å². The molecule has 0 spiro atoms. The SMILES string of the molecule is O=C(Nc1cncc(-c2ccc3[nH]nc(-c4nc5c(-c6ccccn6)ccnc5[nH]4)c3n2)c1)C1CC1. The summed E-state index contributed by atoms with van der Waals surface area (Å²) in [5, 5.41) is 10.5. The number of hydrogen-bond donors (Lipinski definition) is 3. The van der Waals surface area contributed by atoms with Gasteiger partial charge in [-0.3, -0.25) is 19.9 Å². The number of rotatable bonds is 5. The minimum atomic E-state index is 0.0399. The highest BCUT2D eigenvalue weighted by Gasteiger charge is 2.29. The number of carbonyl (C=O) groups is 1. The standard InChI is InChI=1S/C26H19N9O/c36-26(14-4-5-14)30-16-11-15(12-27-13-16)18-6-7-20-22(31-18)23(35-34-20)25-32-21-17(8-10-29-24(21)33-25)19-3-1-2-9-28-19/h1-3,6-14H,4-5H2,(H,30,36)(H,34,35)(H,29,32,33). The maximum Gasteiger partial charge on any atom is 0.227 e. The first kappa shape index (κ1) is 20.4. The van der Waals surface area contributed by atoms with E-state index in [4.69, 9.17) is 9.97 Å². The molecule has 1 fully saturated rings. The molecule has 0 radical (unpaired) electrons. The average molecular weight is 474 g/mol. The van der Waals surface area contributed by atoms with Crippen molar-refractivity contribution in [1.82, 2.24) is 40.1 Å². The third kappa shape index (κ3) is 3.56. The Morgan fingerprint density at radius 2 is 1.89 bits per heavy atom. The molecule has 0 aromatic carbocycles. The van der Waals surface area contributed by atoms with Gasteiger partial charge in [-0.2, -0.15) is 5.10 Å². The van der Waals surface area contributed by atoms with Crippen LogP contribution in [0.5, 0.6) is 0 Å². The molecular formula is C26H19N9O. The second-order valence-electron chi connectivity index (χ2n) is 8.75. The Kier molecular flexibility index (Phi) is 4.56. The lowest BCUT2D eigenvalue weighted by atomic mass is 10.1. The molecule has 1 saturated carbocycles. The zero-order chi connectivity index (χ0) is 24.1. The molecule has 0 saturated heterocycles. The van der Waals surface area contributed by atoms with Crippen molar-refractivity contribution in [3.8, 4) is 34.0 Å². The van der Waals surface area contributed by atoms with E-state index >= 15 is 0 Å². The Morgan fingerprint density at radius 1 is 0.944 bits per heavy atom. The van der Waals surface area contributed by atoms with Gasteiger partial charge in [-0.05, 0) is 49.2 Å². The quantitative estimate of drug-likeness (QED) is 0.338. The number of imidazole rings is 1. The number of nitrogens with one attached hydrogen (secondary N) is 3. The maximum atomic E-state index is 12.2. The molecule has 1 aliphatic rings. The molecule has 6 aromatic heterocycles. The van der Waals surface area contributed by atoms with Crippen molar-refractivity contribution in [1.29, 1.82) is 0 Å². The van der Waals surface area contributed by atoms with Gasteiger partial charge in [0.05, 0.1) is 28.8 Å². The summed E-state index contributed by atoms with van der Waals surface area (Å²) in [6.45, 7) is 0. The van der Waals surface area contributed by atoms with Crippen molar-refractivity contribution in [2.45, 2.75) is 12.8 Å². The monoisotopic (exact) mass is 473 g/mol. The van der Waals surface area contributed by atoms with Crippen LogP contribution in [0.1, 0.15) is 12.8 Å². The van der Waals surface area contributed by atoms with E-state index in [0.717, 1.165) is 35.2 Å². The predicted octanol–water partition coefficient (Wildman–Crippen LogP) is 4.37. The second kappa shape index (κ2) is 8.05. The molecule has 0 bridgehead atoms. The number of anilines is 1. The molecular weight excluding hydrogens is 454 g/mol. The Balaban J connectivity index is 1.28. The maximum absolute atomic E-state index is 12.2. The van der Waals surface area contributed by atoms with Crippen LogP contribution in [0, 0.1) is 5.92 Å². The summed E-state index contributed by atoms with van der Waals surface area (Å²) < 4.78 is 0. The lowest BCUT2D eigenvalue weighted by Gasteiger charge is -2.06. The molecule has 0 aliphatic heterocycles. The van der Waals surface area contributed by atoms with Gasteiger partial charge in [0.15, 0.2) is 17.2 Å². The van der Waals surface area contributed by atoms with Crippen molar-refractivity contribution in [2.24, 2.45) is 5.92 Å². The van der Waals surface area contributed by atoms with E-state index in [1.807, 2.05) is 42.5 Å². The molecule has 6 aromatic rings. The number of H-pyrrole nitrogens is 2. The van der Waals surface area contributed by atoms with E-state index in [0.29, 0.717) is 39.6 Å². The van der Waals surface area contributed by atoms with E-state index in [1.54, 1.807) is 24.8 Å². The third-order valence-electron chi connectivity index (χ3n) is 6.21.